The number of benzene rings is 1. The molecule has 0 aliphatic rings. The maximum Gasteiger partial charge on any atom is 0.320 e. The molecule has 12 heteroatoms. The third-order valence-corrected chi connectivity index (χ3v) is 5.64. The Morgan fingerprint density at radius 2 is 1.91 bits per heavy atom. The molecule has 2 aromatic rings. The van der Waals surface area contributed by atoms with Gasteiger partial charge >= 0.3 is 11.9 Å². The van der Waals surface area contributed by atoms with Crippen LogP contribution in [-0.2, 0) is 20.8 Å². The zero-order chi connectivity index (χ0) is 24.5. The number of carbonyl (C=O) groups is 3. The Balaban J connectivity index is 2.27. The fourth-order valence-electron chi connectivity index (χ4n) is 2.74. The summed E-state index contributed by atoms with van der Waals surface area (Å²) in [6.45, 7) is 1.64. The van der Waals surface area contributed by atoms with E-state index in [0.29, 0.717) is 27.4 Å². The summed E-state index contributed by atoms with van der Waals surface area (Å²) in [5.74, 6) is -2.66. The van der Waals surface area contributed by atoms with Crippen molar-refractivity contribution in [2.45, 2.75) is 38.6 Å². The zero-order valence-electron chi connectivity index (χ0n) is 17.5. The number of hydrogen-bond acceptors (Lipinski definition) is 9. The van der Waals surface area contributed by atoms with E-state index in [0.717, 1.165) is 11.3 Å². The highest BCUT2D eigenvalue weighted by atomic mass is 32.1. The number of thiophene rings is 1. The van der Waals surface area contributed by atoms with Gasteiger partial charge in [0.25, 0.3) is 0 Å². The molecule has 11 nitrogen and oxygen atoms in total. The molecule has 1 aromatic heterocycles. The molecule has 1 heterocycles. The number of nitrogens with one attached hydrogen (secondary N) is 1. The van der Waals surface area contributed by atoms with Gasteiger partial charge in [-0.25, -0.2) is 0 Å². The van der Waals surface area contributed by atoms with Gasteiger partial charge in [0.2, 0.25) is 5.91 Å². The Bertz CT molecular complexity index is 1190. The van der Waals surface area contributed by atoms with Crippen molar-refractivity contribution >= 4 is 45.6 Å². The SMILES string of the molecule is Cc1c(C#N)sc(N=Nc2ccc(NC(=O)CCC(N)C(=O)O)cc2CCC(=O)O)c1C#N. The highest BCUT2D eigenvalue weighted by molar-refractivity contribution is 7.16. The van der Waals surface area contributed by atoms with Gasteiger partial charge in [-0.1, -0.05) is 0 Å². The normalized spacial score (nSPS) is 11.5. The zero-order valence-corrected chi connectivity index (χ0v) is 18.3. The van der Waals surface area contributed by atoms with Gasteiger partial charge in [0, 0.05) is 18.5 Å². The molecule has 0 fully saturated rings. The molecular weight excluding hydrogens is 448 g/mol. The number of amides is 1. The summed E-state index contributed by atoms with van der Waals surface area (Å²) in [4.78, 5) is 34.3. The quantitative estimate of drug-likeness (QED) is 0.380. The average Bonchev–Trinajstić information content (AvgIpc) is 3.09. The average molecular weight is 468 g/mol. The van der Waals surface area contributed by atoms with E-state index in [2.05, 4.69) is 15.5 Å². The monoisotopic (exact) mass is 468 g/mol. The van der Waals surface area contributed by atoms with Crippen LogP contribution in [0.5, 0.6) is 0 Å². The van der Waals surface area contributed by atoms with E-state index in [4.69, 9.17) is 21.2 Å². The van der Waals surface area contributed by atoms with Gasteiger partial charge in [-0.3, -0.25) is 14.4 Å². The molecule has 0 saturated carbocycles. The third kappa shape index (κ3) is 6.93. The molecule has 5 N–H and O–H groups in total. The van der Waals surface area contributed by atoms with Crippen molar-refractivity contribution in [1.82, 2.24) is 0 Å². The Hall–Kier alpha value is -4.13. The molecule has 0 radical (unpaired) electrons. The molecular formula is C21H20N6O5S. The molecule has 0 spiro atoms. The van der Waals surface area contributed by atoms with Crippen molar-refractivity contribution in [2.75, 3.05) is 5.32 Å². The van der Waals surface area contributed by atoms with Crippen LogP contribution in [0.15, 0.2) is 28.4 Å². The summed E-state index contributed by atoms with van der Waals surface area (Å²) in [5, 5.41) is 47.4. The number of hydrogen-bond donors (Lipinski definition) is 4. The topological polar surface area (TPSA) is 202 Å². The van der Waals surface area contributed by atoms with Crippen molar-refractivity contribution in [3.8, 4) is 12.1 Å². The fraction of sp³-hybridized carbons (Fsp3) is 0.286. The van der Waals surface area contributed by atoms with E-state index in [-0.39, 0.29) is 36.2 Å². The van der Waals surface area contributed by atoms with Crippen LogP contribution in [0.4, 0.5) is 16.4 Å². The number of aliphatic carboxylic acids is 2. The number of nitrogens with two attached hydrogens (primary N) is 1. The van der Waals surface area contributed by atoms with Crippen LogP contribution in [0.3, 0.4) is 0 Å². The summed E-state index contributed by atoms with van der Waals surface area (Å²) >= 11 is 1.03. The lowest BCUT2D eigenvalue weighted by molar-refractivity contribution is -0.139. The van der Waals surface area contributed by atoms with Gasteiger partial charge in [0.1, 0.15) is 23.1 Å². The maximum absolute atomic E-state index is 12.1. The highest BCUT2D eigenvalue weighted by Crippen LogP contribution is 2.36. The summed E-state index contributed by atoms with van der Waals surface area (Å²) in [7, 11) is 0. The molecule has 0 saturated heterocycles. The molecule has 0 aliphatic heterocycles. The lowest BCUT2D eigenvalue weighted by Crippen LogP contribution is -2.31. The number of rotatable bonds is 10. The first kappa shape index (κ1) is 25.1. The minimum Gasteiger partial charge on any atom is -0.481 e. The first-order valence-corrected chi connectivity index (χ1v) is 10.5. The number of nitriles is 2. The van der Waals surface area contributed by atoms with Crippen molar-refractivity contribution < 1.29 is 24.6 Å². The van der Waals surface area contributed by atoms with Crippen LogP contribution < -0.4 is 11.1 Å². The van der Waals surface area contributed by atoms with Crippen molar-refractivity contribution in [3.05, 3.63) is 39.8 Å². The van der Waals surface area contributed by atoms with Crippen molar-refractivity contribution in [1.29, 1.82) is 10.5 Å². The van der Waals surface area contributed by atoms with E-state index in [9.17, 15) is 19.6 Å². The molecule has 1 unspecified atom stereocenters. The lowest BCUT2D eigenvalue weighted by atomic mass is 10.1. The maximum atomic E-state index is 12.1. The largest absolute Gasteiger partial charge is 0.481 e. The van der Waals surface area contributed by atoms with Crippen LogP contribution >= 0.6 is 11.3 Å². The van der Waals surface area contributed by atoms with Crippen LogP contribution in [0.25, 0.3) is 0 Å². The van der Waals surface area contributed by atoms with Crippen molar-refractivity contribution in [2.24, 2.45) is 16.0 Å². The van der Waals surface area contributed by atoms with E-state index >= 15 is 0 Å². The smallest absolute Gasteiger partial charge is 0.320 e. The second-order valence-corrected chi connectivity index (χ2v) is 7.93. The van der Waals surface area contributed by atoms with Gasteiger partial charge < -0.3 is 21.3 Å². The Kier molecular flexibility index (Phi) is 8.74. The molecule has 0 bridgehead atoms. The highest BCUT2D eigenvalue weighted by Gasteiger charge is 2.16. The van der Waals surface area contributed by atoms with Gasteiger partial charge in [0.15, 0.2) is 5.00 Å². The predicted octanol–water partition coefficient (Wildman–Crippen LogP) is 3.36. The summed E-state index contributed by atoms with van der Waals surface area (Å²) < 4.78 is 0. The summed E-state index contributed by atoms with van der Waals surface area (Å²) in [6.07, 6.45) is -0.219. The standard InChI is InChI=1S/C21H20N6O5S/c1-11-14(9-22)20(33-17(11)10-23)27-26-16-5-3-13(8-12(16)2-7-19(29)30)25-18(28)6-4-15(24)21(31)32/h3,5,8,15H,2,4,6-7,24H2,1H3,(H,25,28)(H,29,30)(H,31,32). The fourth-order valence-corrected chi connectivity index (χ4v) is 3.62. The number of carboxylic acid groups (broad SMARTS) is 2. The second kappa shape index (κ2) is 11.5. The Labute approximate surface area is 192 Å². The Morgan fingerprint density at radius 1 is 1.18 bits per heavy atom. The van der Waals surface area contributed by atoms with E-state index in [1.807, 2.05) is 12.1 Å². The first-order chi connectivity index (χ1) is 15.7. The number of carboxylic acids is 2. The van der Waals surface area contributed by atoms with E-state index in [1.54, 1.807) is 19.1 Å². The number of nitrogens with zero attached hydrogens (tertiary/aromatic N) is 4. The number of aryl methyl sites for hydroxylation is 1. The first-order valence-electron chi connectivity index (χ1n) is 9.64. The van der Waals surface area contributed by atoms with Gasteiger partial charge in [0.05, 0.1) is 11.3 Å². The van der Waals surface area contributed by atoms with Gasteiger partial charge in [-0.15, -0.1) is 21.6 Å². The van der Waals surface area contributed by atoms with Gasteiger partial charge in [-0.2, -0.15) is 10.5 Å². The van der Waals surface area contributed by atoms with Crippen molar-refractivity contribution in [3.63, 3.8) is 0 Å². The van der Waals surface area contributed by atoms with Crippen LogP contribution in [0, 0.1) is 29.6 Å². The predicted molar refractivity (Wildman–Crippen MR) is 119 cm³/mol. The minimum absolute atomic E-state index is 0.0362. The molecule has 1 aromatic carbocycles. The summed E-state index contributed by atoms with van der Waals surface area (Å²) in [6, 6.07) is 7.49. The molecule has 170 valence electrons. The molecule has 0 aliphatic carbocycles. The molecule has 1 amide bonds. The third-order valence-electron chi connectivity index (χ3n) is 4.56. The lowest BCUT2D eigenvalue weighted by Gasteiger charge is -2.10. The minimum atomic E-state index is -1.20. The number of azo groups is 1. The van der Waals surface area contributed by atoms with E-state index in [1.165, 1.54) is 6.07 Å². The number of anilines is 1. The van der Waals surface area contributed by atoms with Crippen LogP contribution in [-0.4, -0.2) is 34.1 Å². The molecule has 2 rings (SSSR count). The van der Waals surface area contributed by atoms with Crippen LogP contribution in [0.2, 0.25) is 0 Å². The summed E-state index contributed by atoms with van der Waals surface area (Å²) in [5.41, 5.74) is 7.37. The molecule has 33 heavy (non-hydrogen) atoms. The molecule has 1 atom stereocenters. The van der Waals surface area contributed by atoms with E-state index < -0.39 is 23.9 Å². The van der Waals surface area contributed by atoms with Crippen LogP contribution in [0.1, 0.15) is 40.8 Å². The number of carbonyl (C=O) groups excluding carboxylic acids is 1. The van der Waals surface area contributed by atoms with Gasteiger partial charge in [-0.05, 0) is 49.1 Å². The Morgan fingerprint density at radius 3 is 2.52 bits per heavy atom. The second-order valence-electron chi connectivity index (χ2n) is 6.93.